The number of nitrogens with one attached hydrogen (secondary N) is 2. The van der Waals surface area contributed by atoms with Crippen LogP contribution in [-0.2, 0) is 17.7 Å². The molecule has 2 aromatic carbocycles. The maximum atomic E-state index is 5.90. The highest BCUT2D eigenvalue weighted by molar-refractivity contribution is 5.79. The summed E-state index contributed by atoms with van der Waals surface area (Å²) in [5, 5.41) is 6.72. The van der Waals surface area contributed by atoms with Crippen LogP contribution in [0.1, 0.15) is 18.1 Å². The lowest BCUT2D eigenvalue weighted by Gasteiger charge is -2.16. The summed E-state index contributed by atoms with van der Waals surface area (Å²) in [6.07, 6.45) is 0.966. The Kier molecular flexibility index (Phi) is 11.4. The molecule has 0 amide bonds. The van der Waals surface area contributed by atoms with Gasteiger partial charge in [-0.3, -0.25) is 0 Å². The van der Waals surface area contributed by atoms with Crippen LogP contribution in [0.4, 0.5) is 0 Å². The molecule has 6 nitrogen and oxygen atoms in total. The van der Waals surface area contributed by atoms with Crippen molar-refractivity contribution in [3.8, 4) is 5.75 Å². The van der Waals surface area contributed by atoms with Crippen LogP contribution in [0.3, 0.4) is 0 Å². The van der Waals surface area contributed by atoms with E-state index in [9.17, 15) is 0 Å². The van der Waals surface area contributed by atoms with Crippen LogP contribution in [0, 0.1) is 0 Å². The van der Waals surface area contributed by atoms with Crippen molar-refractivity contribution in [2.45, 2.75) is 19.9 Å². The molecule has 0 heterocycles. The van der Waals surface area contributed by atoms with Gasteiger partial charge in [-0.15, -0.1) is 0 Å². The number of hydrogen-bond acceptors (Lipinski definition) is 4. The first-order valence-electron chi connectivity index (χ1n) is 10.7. The van der Waals surface area contributed by atoms with E-state index in [1.54, 1.807) is 7.11 Å². The Balaban J connectivity index is 1.80. The largest absolute Gasteiger partial charge is 0.492 e. The van der Waals surface area contributed by atoms with E-state index >= 15 is 0 Å². The molecule has 0 atom stereocenters. The summed E-state index contributed by atoms with van der Waals surface area (Å²) >= 11 is 0. The highest BCUT2D eigenvalue weighted by Crippen LogP contribution is 2.14. The zero-order valence-corrected chi connectivity index (χ0v) is 18.6. The fourth-order valence-corrected chi connectivity index (χ4v) is 2.89. The predicted octanol–water partition coefficient (Wildman–Crippen LogP) is 2.94. The summed E-state index contributed by atoms with van der Waals surface area (Å²) in [5.41, 5.74) is 2.44. The maximum Gasteiger partial charge on any atom is 0.191 e. The van der Waals surface area contributed by atoms with Gasteiger partial charge in [-0.2, -0.15) is 0 Å². The van der Waals surface area contributed by atoms with E-state index in [-0.39, 0.29) is 0 Å². The molecular formula is C24H36N4O2. The minimum absolute atomic E-state index is 0.603. The van der Waals surface area contributed by atoms with Crippen LogP contribution >= 0.6 is 0 Å². The Morgan fingerprint density at radius 2 is 1.73 bits per heavy atom. The Labute approximate surface area is 181 Å². The quantitative estimate of drug-likeness (QED) is 0.391. The SMILES string of the molecule is CCNC(=NCc1cccc(OCCN(C)CCOC)c1)NCCc1ccccc1. The average Bonchev–Trinajstić information content (AvgIpc) is 2.77. The molecular weight excluding hydrogens is 376 g/mol. The zero-order chi connectivity index (χ0) is 21.4. The third-order valence-corrected chi connectivity index (χ3v) is 4.63. The molecule has 0 aromatic heterocycles. The standard InChI is InChI=1S/C24H36N4O2/c1-4-25-24(26-14-13-21-9-6-5-7-10-21)27-20-22-11-8-12-23(19-22)30-18-16-28(2)15-17-29-3/h5-12,19H,4,13-18,20H2,1-3H3,(H2,25,26,27). The lowest BCUT2D eigenvalue weighted by atomic mass is 10.1. The van der Waals surface area contributed by atoms with Gasteiger partial charge in [0, 0.05) is 33.3 Å². The maximum absolute atomic E-state index is 5.90. The number of benzene rings is 2. The van der Waals surface area contributed by atoms with Crippen LogP contribution in [-0.4, -0.2) is 64.4 Å². The Bertz CT molecular complexity index is 737. The smallest absolute Gasteiger partial charge is 0.191 e. The van der Waals surface area contributed by atoms with Gasteiger partial charge >= 0.3 is 0 Å². The van der Waals surface area contributed by atoms with Gasteiger partial charge in [0.2, 0.25) is 0 Å². The van der Waals surface area contributed by atoms with E-state index in [1.807, 2.05) is 18.2 Å². The van der Waals surface area contributed by atoms with Crippen LogP contribution in [0.2, 0.25) is 0 Å². The van der Waals surface area contributed by atoms with Gasteiger partial charge in [0.25, 0.3) is 0 Å². The molecule has 164 valence electrons. The van der Waals surface area contributed by atoms with Gasteiger partial charge in [-0.05, 0) is 43.7 Å². The first-order valence-corrected chi connectivity index (χ1v) is 10.7. The number of hydrogen-bond donors (Lipinski definition) is 2. The fraction of sp³-hybridized carbons (Fsp3) is 0.458. The van der Waals surface area contributed by atoms with Gasteiger partial charge in [0.15, 0.2) is 5.96 Å². The van der Waals surface area contributed by atoms with Crippen molar-refractivity contribution in [2.75, 3.05) is 53.6 Å². The predicted molar refractivity (Wildman–Crippen MR) is 124 cm³/mol. The normalized spacial score (nSPS) is 11.5. The molecule has 0 unspecified atom stereocenters. The van der Waals surface area contributed by atoms with E-state index in [4.69, 9.17) is 14.5 Å². The summed E-state index contributed by atoms with van der Waals surface area (Å²) in [6.45, 7) is 7.50. The Morgan fingerprint density at radius 3 is 2.50 bits per heavy atom. The van der Waals surface area contributed by atoms with Crippen molar-refractivity contribution in [3.05, 3.63) is 65.7 Å². The first-order chi connectivity index (χ1) is 14.7. The summed E-state index contributed by atoms with van der Waals surface area (Å²) in [7, 11) is 3.79. The third kappa shape index (κ3) is 9.76. The van der Waals surface area contributed by atoms with E-state index in [1.165, 1.54) is 5.56 Å². The molecule has 0 saturated carbocycles. The highest BCUT2D eigenvalue weighted by atomic mass is 16.5. The van der Waals surface area contributed by atoms with E-state index in [2.05, 4.69) is 65.9 Å². The zero-order valence-electron chi connectivity index (χ0n) is 18.6. The molecule has 0 saturated heterocycles. The van der Waals surface area contributed by atoms with Gasteiger partial charge in [-0.1, -0.05) is 42.5 Å². The molecule has 0 aliphatic carbocycles. The van der Waals surface area contributed by atoms with Gasteiger partial charge in [0.1, 0.15) is 12.4 Å². The number of ether oxygens (including phenoxy) is 2. The highest BCUT2D eigenvalue weighted by Gasteiger charge is 2.02. The molecule has 0 fully saturated rings. The average molecular weight is 413 g/mol. The number of methoxy groups -OCH3 is 1. The van der Waals surface area contributed by atoms with Crippen molar-refractivity contribution in [1.29, 1.82) is 0 Å². The summed E-state index contributed by atoms with van der Waals surface area (Å²) in [4.78, 5) is 6.91. The summed E-state index contributed by atoms with van der Waals surface area (Å²) in [6, 6.07) is 18.6. The molecule has 2 aromatic rings. The number of aliphatic imine (C=N–C) groups is 1. The topological polar surface area (TPSA) is 58.1 Å². The third-order valence-electron chi connectivity index (χ3n) is 4.63. The van der Waals surface area contributed by atoms with Gasteiger partial charge < -0.3 is 25.0 Å². The van der Waals surface area contributed by atoms with Crippen molar-refractivity contribution >= 4 is 5.96 Å². The molecule has 0 spiro atoms. The van der Waals surface area contributed by atoms with Crippen molar-refractivity contribution in [2.24, 2.45) is 4.99 Å². The van der Waals surface area contributed by atoms with E-state index < -0.39 is 0 Å². The molecule has 2 N–H and O–H groups in total. The van der Waals surface area contributed by atoms with Crippen molar-refractivity contribution in [3.63, 3.8) is 0 Å². The monoisotopic (exact) mass is 412 g/mol. The number of likely N-dealkylation sites (N-methyl/N-ethyl adjacent to an activating group) is 1. The lowest BCUT2D eigenvalue weighted by Crippen LogP contribution is -2.38. The Morgan fingerprint density at radius 1 is 0.967 bits per heavy atom. The number of guanidine groups is 1. The molecule has 0 radical (unpaired) electrons. The van der Waals surface area contributed by atoms with Crippen LogP contribution < -0.4 is 15.4 Å². The first kappa shape index (κ1) is 23.7. The van der Waals surface area contributed by atoms with Gasteiger partial charge in [-0.25, -0.2) is 4.99 Å². The second kappa shape index (κ2) is 14.4. The molecule has 0 bridgehead atoms. The molecule has 0 aliphatic heterocycles. The summed E-state index contributed by atoms with van der Waals surface area (Å²) < 4.78 is 11.0. The van der Waals surface area contributed by atoms with E-state index in [0.29, 0.717) is 13.2 Å². The van der Waals surface area contributed by atoms with Crippen LogP contribution in [0.5, 0.6) is 5.75 Å². The molecule has 30 heavy (non-hydrogen) atoms. The minimum Gasteiger partial charge on any atom is -0.492 e. The fourth-order valence-electron chi connectivity index (χ4n) is 2.89. The van der Waals surface area contributed by atoms with Crippen LogP contribution in [0.15, 0.2) is 59.6 Å². The van der Waals surface area contributed by atoms with E-state index in [0.717, 1.165) is 56.5 Å². The lowest BCUT2D eigenvalue weighted by molar-refractivity contribution is 0.150. The van der Waals surface area contributed by atoms with Crippen molar-refractivity contribution in [1.82, 2.24) is 15.5 Å². The Hall–Kier alpha value is -2.57. The molecule has 2 rings (SSSR count). The number of nitrogens with zero attached hydrogens (tertiary/aromatic N) is 2. The van der Waals surface area contributed by atoms with Gasteiger partial charge in [0.05, 0.1) is 13.2 Å². The second-order valence-electron chi connectivity index (χ2n) is 7.15. The second-order valence-corrected chi connectivity index (χ2v) is 7.15. The minimum atomic E-state index is 0.603. The number of rotatable bonds is 13. The molecule has 6 heteroatoms. The van der Waals surface area contributed by atoms with Crippen molar-refractivity contribution < 1.29 is 9.47 Å². The van der Waals surface area contributed by atoms with Crippen LogP contribution in [0.25, 0.3) is 0 Å². The molecule has 0 aliphatic rings. The summed E-state index contributed by atoms with van der Waals surface area (Å²) in [5.74, 6) is 1.71.